The van der Waals surface area contributed by atoms with E-state index in [9.17, 15) is 9.59 Å². The molecule has 1 N–H and O–H groups in total. The Morgan fingerprint density at radius 1 is 1.11 bits per heavy atom. The van der Waals surface area contributed by atoms with E-state index < -0.39 is 0 Å². The molecule has 1 aliphatic rings. The summed E-state index contributed by atoms with van der Waals surface area (Å²) < 4.78 is 10.5. The van der Waals surface area contributed by atoms with Crippen molar-refractivity contribution in [1.82, 2.24) is 5.32 Å². The lowest BCUT2D eigenvalue weighted by Gasteiger charge is -2.20. The molecule has 3 rings (SSSR count). The fraction of sp³-hybridized carbons (Fsp3) is 0.333. The number of ether oxygens (including phenoxy) is 2. The van der Waals surface area contributed by atoms with Crippen LogP contribution in [0, 0.1) is 6.92 Å². The Morgan fingerprint density at radius 2 is 1.89 bits per heavy atom. The van der Waals surface area contributed by atoms with Crippen LogP contribution in [-0.4, -0.2) is 32.6 Å². The molecule has 2 aromatic rings. The van der Waals surface area contributed by atoms with Gasteiger partial charge in [0.05, 0.1) is 25.5 Å². The number of nitrogens with one attached hydrogen (secondary N) is 1. The predicted octanol–water partition coefficient (Wildman–Crippen LogP) is 3.07. The number of anilines is 1. The van der Waals surface area contributed by atoms with Gasteiger partial charge in [-0.25, -0.2) is 0 Å². The Kier molecular flexibility index (Phi) is 5.64. The van der Waals surface area contributed by atoms with Gasteiger partial charge < -0.3 is 19.7 Å². The summed E-state index contributed by atoms with van der Waals surface area (Å²) in [5.41, 5.74) is 3.06. The maximum Gasteiger partial charge on any atom is 0.253 e. The van der Waals surface area contributed by atoms with E-state index in [4.69, 9.17) is 9.47 Å². The van der Waals surface area contributed by atoms with Crippen LogP contribution in [0.5, 0.6) is 11.5 Å². The highest BCUT2D eigenvalue weighted by atomic mass is 16.5. The van der Waals surface area contributed by atoms with Gasteiger partial charge in [0.2, 0.25) is 5.91 Å². The number of methoxy groups -OCH3 is 2. The Labute approximate surface area is 159 Å². The Morgan fingerprint density at radius 3 is 2.56 bits per heavy atom. The first-order chi connectivity index (χ1) is 13.0. The SMILES string of the molecule is COc1ccc(CNC(=O)c2cc(C)ccc2N2CCCC2=O)cc1OC. The van der Waals surface area contributed by atoms with Crippen molar-refractivity contribution in [2.75, 3.05) is 25.7 Å². The lowest BCUT2D eigenvalue weighted by atomic mass is 10.1. The molecule has 0 aromatic heterocycles. The molecule has 0 aliphatic carbocycles. The molecule has 1 saturated heterocycles. The molecule has 0 atom stereocenters. The van der Waals surface area contributed by atoms with Crippen molar-refractivity contribution in [1.29, 1.82) is 0 Å². The zero-order valence-electron chi connectivity index (χ0n) is 15.9. The van der Waals surface area contributed by atoms with Gasteiger partial charge in [-0.2, -0.15) is 0 Å². The van der Waals surface area contributed by atoms with Crippen LogP contribution in [-0.2, 0) is 11.3 Å². The van der Waals surface area contributed by atoms with Crippen LogP contribution in [0.2, 0.25) is 0 Å². The molecule has 0 unspecified atom stereocenters. The van der Waals surface area contributed by atoms with E-state index in [1.807, 2.05) is 37.3 Å². The van der Waals surface area contributed by atoms with Crippen LogP contribution < -0.4 is 19.7 Å². The van der Waals surface area contributed by atoms with Crippen LogP contribution in [0.15, 0.2) is 36.4 Å². The van der Waals surface area contributed by atoms with E-state index in [0.717, 1.165) is 17.5 Å². The van der Waals surface area contributed by atoms with Crippen LogP contribution in [0.25, 0.3) is 0 Å². The Balaban J connectivity index is 1.78. The molecule has 0 bridgehead atoms. The van der Waals surface area contributed by atoms with Gasteiger partial charge in [0.15, 0.2) is 11.5 Å². The average molecular weight is 368 g/mol. The van der Waals surface area contributed by atoms with Gasteiger partial charge in [-0.1, -0.05) is 17.7 Å². The highest BCUT2D eigenvalue weighted by Gasteiger charge is 2.25. The van der Waals surface area contributed by atoms with Crippen LogP contribution in [0.3, 0.4) is 0 Å². The highest BCUT2D eigenvalue weighted by molar-refractivity contribution is 6.05. The number of benzene rings is 2. The molecule has 2 amide bonds. The van der Waals surface area contributed by atoms with Crippen molar-refractivity contribution in [3.05, 3.63) is 53.1 Å². The monoisotopic (exact) mass is 368 g/mol. The third-order valence-electron chi connectivity index (χ3n) is 4.66. The summed E-state index contributed by atoms with van der Waals surface area (Å²) in [6, 6.07) is 11.1. The minimum absolute atomic E-state index is 0.0628. The molecule has 142 valence electrons. The third-order valence-corrected chi connectivity index (χ3v) is 4.66. The average Bonchev–Trinajstić information content (AvgIpc) is 3.11. The molecule has 6 nitrogen and oxygen atoms in total. The van der Waals surface area contributed by atoms with E-state index in [0.29, 0.717) is 42.3 Å². The number of aryl methyl sites for hydroxylation is 1. The van der Waals surface area contributed by atoms with E-state index in [2.05, 4.69) is 5.32 Å². The number of rotatable bonds is 6. The lowest BCUT2D eigenvalue weighted by molar-refractivity contribution is -0.117. The third kappa shape index (κ3) is 4.05. The second-order valence-corrected chi connectivity index (χ2v) is 6.54. The summed E-state index contributed by atoms with van der Waals surface area (Å²) in [4.78, 5) is 26.6. The Bertz CT molecular complexity index is 863. The first kappa shape index (κ1) is 18.8. The molecule has 27 heavy (non-hydrogen) atoms. The summed E-state index contributed by atoms with van der Waals surface area (Å²) in [6.07, 6.45) is 1.35. The van der Waals surface area contributed by atoms with E-state index in [1.165, 1.54) is 0 Å². The number of hydrogen-bond acceptors (Lipinski definition) is 4. The van der Waals surface area contributed by atoms with E-state index in [-0.39, 0.29) is 11.8 Å². The maximum atomic E-state index is 12.8. The molecule has 1 fully saturated rings. The summed E-state index contributed by atoms with van der Waals surface area (Å²) in [7, 11) is 3.16. The van der Waals surface area contributed by atoms with Crippen molar-refractivity contribution in [2.45, 2.75) is 26.3 Å². The smallest absolute Gasteiger partial charge is 0.253 e. The zero-order chi connectivity index (χ0) is 19.4. The normalized spacial score (nSPS) is 13.6. The molecule has 0 saturated carbocycles. The first-order valence-electron chi connectivity index (χ1n) is 8.93. The number of nitrogens with zero attached hydrogens (tertiary/aromatic N) is 1. The summed E-state index contributed by atoms with van der Waals surface area (Å²) in [5, 5.41) is 2.94. The van der Waals surface area contributed by atoms with Gasteiger partial charge in [0.25, 0.3) is 5.91 Å². The summed E-state index contributed by atoms with van der Waals surface area (Å²) >= 11 is 0. The largest absolute Gasteiger partial charge is 0.493 e. The van der Waals surface area contributed by atoms with E-state index in [1.54, 1.807) is 25.2 Å². The van der Waals surface area contributed by atoms with Gasteiger partial charge in [0.1, 0.15) is 0 Å². The van der Waals surface area contributed by atoms with Gasteiger partial charge in [0, 0.05) is 19.5 Å². The fourth-order valence-electron chi connectivity index (χ4n) is 3.24. The number of hydrogen-bond donors (Lipinski definition) is 1. The second kappa shape index (κ2) is 8.12. The van der Waals surface area contributed by atoms with Gasteiger partial charge in [-0.3, -0.25) is 9.59 Å². The van der Waals surface area contributed by atoms with Gasteiger partial charge in [-0.05, 0) is 43.2 Å². The molecule has 0 spiro atoms. The van der Waals surface area contributed by atoms with Crippen LogP contribution in [0.4, 0.5) is 5.69 Å². The molecule has 1 aliphatic heterocycles. The molecule has 0 radical (unpaired) electrons. The first-order valence-corrected chi connectivity index (χ1v) is 8.93. The Hall–Kier alpha value is -3.02. The number of carbonyl (C=O) groups is 2. The van der Waals surface area contributed by atoms with Gasteiger partial charge in [-0.15, -0.1) is 0 Å². The van der Waals surface area contributed by atoms with Crippen molar-refractivity contribution in [2.24, 2.45) is 0 Å². The quantitative estimate of drug-likeness (QED) is 0.851. The van der Waals surface area contributed by atoms with Crippen molar-refractivity contribution >= 4 is 17.5 Å². The maximum absolute atomic E-state index is 12.8. The summed E-state index contributed by atoms with van der Waals surface area (Å²) in [5.74, 6) is 1.11. The summed E-state index contributed by atoms with van der Waals surface area (Å²) in [6.45, 7) is 2.93. The van der Waals surface area contributed by atoms with E-state index >= 15 is 0 Å². The number of carbonyl (C=O) groups excluding carboxylic acids is 2. The second-order valence-electron chi connectivity index (χ2n) is 6.54. The molecule has 6 heteroatoms. The minimum Gasteiger partial charge on any atom is -0.493 e. The van der Waals surface area contributed by atoms with Crippen LogP contribution in [0.1, 0.15) is 34.3 Å². The van der Waals surface area contributed by atoms with Crippen molar-refractivity contribution in [3.8, 4) is 11.5 Å². The van der Waals surface area contributed by atoms with Crippen molar-refractivity contribution in [3.63, 3.8) is 0 Å². The predicted molar refractivity (Wildman–Crippen MR) is 103 cm³/mol. The topological polar surface area (TPSA) is 67.9 Å². The highest BCUT2D eigenvalue weighted by Crippen LogP contribution is 2.28. The lowest BCUT2D eigenvalue weighted by Crippen LogP contribution is -2.29. The molecular formula is C21H24N2O4. The molecular weight excluding hydrogens is 344 g/mol. The van der Waals surface area contributed by atoms with Crippen molar-refractivity contribution < 1.29 is 19.1 Å². The van der Waals surface area contributed by atoms with Crippen LogP contribution >= 0.6 is 0 Å². The van der Waals surface area contributed by atoms with Gasteiger partial charge >= 0.3 is 0 Å². The standard InChI is InChI=1S/C21H24N2O4/c1-14-6-8-17(23-10-4-5-20(23)24)16(11-14)21(25)22-13-15-7-9-18(26-2)19(12-15)27-3/h6-9,11-12H,4-5,10,13H2,1-3H3,(H,22,25). The molecule has 2 aromatic carbocycles. The minimum atomic E-state index is -0.205. The number of amides is 2. The molecule has 1 heterocycles. The zero-order valence-corrected chi connectivity index (χ0v) is 15.9. The fourth-order valence-corrected chi connectivity index (χ4v) is 3.24.